The van der Waals surface area contributed by atoms with Gasteiger partial charge in [-0.15, -0.1) is 0 Å². The number of halogens is 1. The second-order valence-electron chi connectivity index (χ2n) is 10.7. The van der Waals surface area contributed by atoms with Gasteiger partial charge in [-0.25, -0.2) is 14.4 Å². The van der Waals surface area contributed by atoms with Gasteiger partial charge in [-0.1, -0.05) is 6.58 Å². The first-order chi connectivity index (χ1) is 19.4. The highest BCUT2D eigenvalue weighted by atomic mass is 19.1. The normalized spacial score (nSPS) is 14.9. The summed E-state index contributed by atoms with van der Waals surface area (Å²) in [4.78, 5) is 29.6. The largest absolute Gasteiger partial charge is 0.494 e. The molecule has 2 heterocycles. The van der Waals surface area contributed by atoms with E-state index >= 15 is 0 Å². The fourth-order valence-electron chi connectivity index (χ4n) is 4.68. The van der Waals surface area contributed by atoms with Crippen molar-refractivity contribution in [2.24, 2.45) is 0 Å². The molecular weight excluding hydrogens is 527 g/mol. The number of hydrogen-bond donors (Lipinski definition) is 4. The number of aromatic nitrogens is 3. The molecule has 1 amide bonds. The van der Waals surface area contributed by atoms with Crippen LogP contribution >= 0.6 is 0 Å². The lowest BCUT2D eigenvalue weighted by Gasteiger charge is -2.45. The summed E-state index contributed by atoms with van der Waals surface area (Å²) in [5, 5.41) is 19.7. The van der Waals surface area contributed by atoms with Crippen molar-refractivity contribution >= 4 is 40.6 Å². The van der Waals surface area contributed by atoms with Gasteiger partial charge in [-0.2, -0.15) is 4.98 Å². The van der Waals surface area contributed by atoms with Crippen molar-refractivity contribution in [2.45, 2.75) is 38.8 Å². The molecule has 0 saturated carbocycles. The number of anilines is 6. The van der Waals surface area contributed by atoms with E-state index in [2.05, 4.69) is 47.3 Å². The van der Waals surface area contributed by atoms with Crippen molar-refractivity contribution in [3.63, 3.8) is 0 Å². The van der Waals surface area contributed by atoms with Crippen molar-refractivity contribution in [1.82, 2.24) is 19.9 Å². The van der Waals surface area contributed by atoms with Crippen LogP contribution in [-0.4, -0.2) is 71.2 Å². The Morgan fingerprint density at radius 2 is 1.88 bits per heavy atom. The molecular formula is C29H37FN8O3. The van der Waals surface area contributed by atoms with Crippen LogP contribution in [0.25, 0.3) is 0 Å². The summed E-state index contributed by atoms with van der Waals surface area (Å²) in [6.07, 6.45) is 3.58. The fraction of sp³-hybridized carbons (Fsp3) is 0.379. The third-order valence-electron chi connectivity index (χ3n) is 6.81. The number of aryl methyl sites for hydroxylation is 1. The van der Waals surface area contributed by atoms with Crippen molar-refractivity contribution in [3.8, 4) is 5.75 Å². The predicted molar refractivity (Wildman–Crippen MR) is 159 cm³/mol. The molecule has 0 radical (unpaired) electrons. The molecule has 4 N–H and O–H groups in total. The quantitative estimate of drug-likeness (QED) is 0.250. The van der Waals surface area contributed by atoms with Gasteiger partial charge in [0.2, 0.25) is 17.8 Å². The Bertz CT molecular complexity index is 1440. The van der Waals surface area contributed by atoms with Crippen LogP contribution in [0, 0.1) is 12.7 Å². The Hall–Kier alpha value is -4.29. The van der Waals surface area contributed by atoms with Gasteiger partial charge in [0.25, 0.3) is 0 Å². The smallest absolute Gasteiger partial charge is 0.247 e. The molecule has 12 heteroatoms. The molecule has 0 spiro atoms. The lowest BCUT2D eigenvalue weighted by Crippen LogP contribution is -2.53. The Labute approximate surface area is 239 Å². The first-order valence-corrected chi connectivity index (χ1v) is 13.2. The molecule has 11 nitrogen and oxygen atoms in total. The summed E-state index contributed by atoms with van der Waals surface area (Å²) >= 11 is 0. The number of ether oxygens (including phenoxy) is 1. The van der Waals surface area contributed by atoms with E-state index in [0.29, 0.717) is 40.0 Å². The van der Waals surface area contributed by atoms with Gasteiger partial charge in [-0.3, -0.25) is 4.79 Å². The van der Waals surface area contributed by atoms with Gasteiger partial charge in [0.05, 0.1) is 29.8 Å². The minimum absolute atomic E-state index is 0.182. The topological polar surface area (TPSA) is 128 Å². The molecule has 0 unspecified atom stereocenters. The van der Waals surface area contributed by atoms with E-state index in [9.17, 15) is 14.3 Å². The maximum atomic E-state index is 14.3. The minimum Gasteiger partial charge on any atom is -0.494 e. The van der Waals surface area contributed by atoms with E-state index in [0.717, 1.165) is 25.2 Å². The number of hydrogen-bond acceptors (Lipinski definition) is 10. The summed E-state index contributed by atoms with van der Waals surface area (Å²) in [6, 6.07) is 6.83. The number of amides is 1. The monoisotopic (exact) mass is 564 g/mol. The summed E-state index contributed by atoms with van der Waals surface area (Å²) in [5.74, 6) is 0.151. The van der Waals surface area contributed by atoms with E-state index in [1.807, 2.05) is 20.2 Å². The third-order valence-corrected chi connectivity index (χ3v) is 6.81. The number of rotatable bonds is 11. The van der Waals surface area contributed by atoms with Gasteiger partial charge < -0.3 is 35.6 Å². The lowest BCUT2D eigenvalue weighted by molar-refractivity contribution is -0.111. The van der Waals surface area contributed by atoms with Crippen LogP contribution in [-0.2, 0) is 10.4 Å². The van der Waals surface area contributed by atoms with Gasteiger partial charge in [0.15, 0.2) is 0 Å². The number of nitrogens with zero attached hydrogens (tertiary/aromatic N) is 5. The first kappa shape index (κ1) is 29.7. The van der Waals surface area contributed by atoms with Crippen LogP contribution in [0.5, 0.6) is 5.75 Å². The average Bonchev–Trinajstić information content (AvgIpc) is 2.89. The zero-order valence-electron chi connectivity index (χ0n) is 24.2. The molecule has 1 fully saturated rings. The SMILES string of the molecule is C=CC(=O)Nc1cc(Nc2ncnc(Nc3cc(C)c(F)cc3C(C)(C)O)n2)c(OC)cc1N1CC[C@@H]1CN(C)C. The summed E-state index contributed by atoms with van der Waals surface area (Å²) in [6.45, 7) is 10.1. The number of carbonyl (C=O) groups is 1. The van der Waals surface area contributed by atoms with E-state index in [-0.39, 0.29) is 17.8 Å². The molecule has 218 valence electrons. The van der Waals surface area contributed by atoms with Crippen molar-refractivity contribution in [1.29, 1.82) is 0 Å². The van der Waals surface area contributed by atoms with Crippen molar-refractivity contribution < 1.29 is 19.0 Å². The maximum absolute atomic E-state index is 14.3. The lowest BCUT2D eigenvalue weighted by atomic mass is 9.95. The zero-order chi connectivity index (χ0) is 29.9. The van der Waals surface area contributed by atoms with E-state index in [4.69, 9.17) is 4.74 Å². The van der Waals surface area contributed by atoms with Crippen molar-refractivity contribution in [2.75, 3.05) is 55.1 Å². The number of nitrogens with one attached hydrogen (secondary N) is 3. The summed E-state index contributed by atoms with van der Waals surface area (Å²) in [7, 11) is 5.63. The zero-order valence-corrected chi connectivity index (χ0v) is 24.2. The molecule has 1 aliphatic heterocycles. The van der Waals surface area contributed by atoms with Crippen LogP contribution in [0.3, 0.4) is 0 Å². The number of carbonyl (C=O) groups excluding carboxylic acids is 1. The number of aliphatic hydroxyl groups is 1. The van der Waals surface area contributed by atoms with Gasteiger partial charge >= 0.3 is 0 Å². The molecule has 1 saturated heterocycles. The van der Waals surface area contributed by atoms with Crippen LogP contribution in [0.4, 0.5) is 39.0 Å². The minimum atomic E-state index is -1.31. The highest BCUT2D eigenvalue weighted by Crippen LogP contribution is 2.41. The van der Waals surface area contributed by atoms with E-state index in [1.54, 1.807) is 40.0 Å². The number of methoxy groups -OCH3 is 1. The predicted octanol–water partition coefficient (Wildman–Crippen LogP) is 4.31. The highest BCUT2D eigenvalue weighted by Gasteiger charge is 2.31. The summed E-state index contributed by atoms with van der Waals surface area (Å²) in [5.41, 5.74) is 1.86. The molecule has 2 aromatic carbocycles. The maximum Gasteiger partial charge on any atom is 0.247 e. The van der Waals surface area contributed by atoms with E-state index in [1.165, 1.54) is 18.5 Å². The Balaban J connectivity index is 1.66. The molecule has 4 rings (SSSR count). The summed E-state index contributed by atoms with van der Waals surface area (Å²) < 4.78 is 20.0. The standard InChI is InChI=1S/C29H37FN8O3/c1-8-26(39)33-22-13-23(25(41-7)14-24(22)38-10-9-18(38)15-37(5)6)35-28-32-16-31-27(36-28)34-21-11-17(2)20(30)12-19(21)29(3,4)40/h8,11-14,16,18,40H,1,9-10,15H2,2-7H3,(H,33,39)(H2,31,32,34,35,36)/t18-/m1/s1. The number of likely N-dealkylation sites (N-methyl/N-ethyl adjacent to an activating group) is 1. The molecule has 1 aliphatic rings. The second-order valence-corrected chi connectivity index (χ2v) is 10.7. The Morgan fingerprint density at radius 1 is 1.20 bits per heavy atom. The van der Waals surface area contributed by atoms with E-state index < -0.39 is 11.4 Å². The van der Waals surface area contributed by atoms with Gasteiger partial charge in [0.1, 0.15) is 17.9 Å². The Kier molecular flexibility index (Phi) is 8.74. The van der Waals surface area contributed by atoms with Crippen LogP contribution in [0.15, 0.2) is 43.2 Å². The fourth-order valence-corrected chi connectivity index (χ4v) is 4.68. The van der Waals surface area contributed by atoms with Gasteiger partial charge in [0, 0.05) is 36.4 Å². The van der Waals surface area contributed by atoms with Gasteiger partial charge in [-0.05, 0) is 71.1 Å². The van der Waals surface area contributed by atoms with Crippen LogP contribution < -0.4 is 25.6 Å². The Morgan fingerprint density at radius 3 is 2.44 bits per heavy atom. The highest BCUT2D eigenvalue weighted by molar-refractivity contribution is 6.02. The molecule has 1 atom stereocenters. The molecule has 0 bridgehead atoms. The molecule has 1 aromatic heterocycles. The first-order valence-electron chi connectivity index (χ1n) is 13.2. The van der Waals surface area contributed by atoms with Crippen LogP contribution in [0.2, 0.25) is 0 Å². The molecule has 41 heavy (non-hydrogen) atoms. The average molecular weight is 565 g/mol. The van der Waals surface area contributed by atoms with Crippen molar-refractivity contribution in [3.05, 3.63) is 60.2 Å². The number of benzene rings is 2. The van der Waals surface area contributed by atoms with Crippen LogP contribution in [0.1, 0.15) is 31.4 Å². The molecule has 3 aromatic rings. The second kappa shape index (κ2) is 12.1. The third kappa shape index (κ3) is 6.90. The molecule has 0 aliphatic carbocycles.